The van der Waals surface area contributed by atoms with Crippen LogP contribution in [0, 0.1) is 17.3 Å². The van der Waals surface area contributed by atoms with Gasteiger partial charge in [0.15, 0.2) is 0 Å². The van der Waals surface area contributed by atoms with Gasteiger partial charge in [0.25, 0.3) is 0 Å². The number of ether oxygens (including phenoxy) is 1. The molecule has 0 radical (unpaired) electrons. The van der Waals surface area contributed by atoms with E-state index in [0.717, 1.165) is 60.6 Å². The van der Waals surface area contributed by atoms with Crippen LogP contribution in [0.3, 0.4) is 0 Å². The lowest BCUT2D eigenvalue weighted by Crippen LogP contribution is -2.16. The molecule has 4 unspecified atom stereocenters. The summed E-state index contributed by atoms with van der Waals surface area (Å²) in [6.07, 6.45) is 44.5. The third-order valence-corrected chi connectivity index (χ3v) is 16.5. The molecule has 2 aromatic heterocycles. The zero-order valence-corrected chi connectivity index (χ0v) is 36.7. The van der Waals surface area contributed by atoms with Gasteiger partial charge in [-0.1, -0.05) is 116 Å². The van der Waals surface area contributed by atoms with Crippen molar-refractivity contribution in [3.63, 3.8) is 0 Å². The molecule has 5 aliphatic carbocycles. The van der Waals surface area contributed by atoms with Crippen molar-refractivity contribution < 1.29 is 4.74 Å². The summed E-state index contributed by atoms with van der Waals surface area (Å²) in [7, 11) is 0. The zero-order chi connectivity index (χ0) is 42.4. The van der Waals surface area contributed by atoms with Crippen molar-refractivity contribution in [1.29, 1.82) is 0 Å². The highest BCUT2D eigenvalue weighted by atomic mass is 32.2. The summed E-state index contributed by atoms with van der Waals surface area (Å²) in [5.41, 5.74) is 19.1. The molecule has 1 saturated carbocycles. The van der Waals surface area contributed by atoms with Gasteiger partial charge in [0, 0.05) is 51.5 Å². The minimum absolute atomic E-state index is 0.0382. The van der Waals surface area contributed by atoms with Crippen molar-refractivity contribution in [3.05, 3.63) is 238 Å². The van der Waals surface area contributed by atoms with Crippen LogP contribution in [0.1, 0.15) is 50.2 Å². The third-order valence-electron chi connectivity index (χ3n) is 14.8. The number of benzene rings is 3. The van der Waals surface area contributed by atoms with Gasteiger partial charge in [-0.25, -0.2) is 0 Å². The number of hydrogen-bond acceptors (Lipinski definition) is 4. The molecule has 3 aliphatic heterocycles. The standard InChI is InChI=1S/C59H47N3OS/c1-39(40-25-29-48-49-30-27-43(28-32-56(49)63-55(48)31-26-40)62-53-22-9-6-17-46(53)47-18-7-10-23-54(47)62)14-13-16-44-34-41-15-5-8-21-52(41)61(44)45-35-42(36-60-37-45)50-19-11-12-33-58-38-59(50,58)64-57-24-4-2-3-20-51(57)58/h2-12,15-23,26-32,35-37,39,49H,13-14,24,33-34,38H2,1H3/b44-16+. The van der Waals surface area contributed by atoms with Crippen LogP contribution in [0.2, 0.25) is 0 Å². The first-order chi connectivity index (χ1) is 31.6. The van der Waals surface area contributed by atoms with Crippen LogP contribution < -0.4 is 4.90 Å². The second-order valence-corrected chi connectivity index (χ2v) is 19.7. The number of allylic oxidation sites excluding steroid dienone is 19. The molecule has 5 aromatic rings. The van der Waals surface area contributed by atoms with Crippen molar-refractivity contribution >= 4 is 56.2 Å². The Morgan fingerprint density at radius 2 is 1.73 bits per heavy atom. The van der Waals surface area contributed by atoms with Crippen LogP contribution in [0.15, 0.2) is 227 Å². The van der Waals surface area contributed by atoms with E-state index < -0.39 is 0 Å². The molecule has 0 amide bonds. The largest absolute Gasteiger partial charge is 0.460 e. The summed E-state index contributed by atoms with van der Waals surface area (Å²) in [5, 5.41) is 2.53. The number of thioether (sulfide) groups is 1. The summed E-state index contributed by atoms with van der Waals surface area (Å²) >= 11 is 2.12. The molecule has 4 atom stereocenters. The van der Waals surface area contributed by atoms with Crippen molar-refractivity contribution in [1.82, 2.24) is 9.55 Å². The van der Waals surface area contributed by atoms with E-state index in [1.165, 1.54) is 61.9 Å². The number of nitrogens with zero attached hydrogens (tertiary/aromatic N) is 3. The van der Waals surface area contributed by atoms with Crippen molar-refractivity contribution in [2.75, 3.05) is 4.90 Å². The van der Waals surface area contributed by atoms with Gasteiger partial charge in [-0.05, 0) is 131 Å². The maximum Gasteiger partial charge on any atom is 0.131 e. The minimum atomic E-state index is 0.0382. The Labute approximate surface area is 379 Å². The minimum Gasteiger partial charge on any atom is -0.460 e. The van der Waals surface area contributed by atoms with Gasteiger partial charge >= 0.3 is 0 Å². The molecule has 310 valence electrons. The SMILES string of the molecule is CC(CC/C=C1\Cc2ccccc2N1c1cncc(C2=CC=CCC34CC23SC2=C4C=CC=CC2)c1)C1=C=CC2=C(C=C1)OC1=CC=C(n3c4ccccc4c4ccccc43)C=CC12. The van der Waals surface area contributed by atoms with E-state index in [1.54, 1.807) is 10.5 Å². The van der Waals surface area contributed by atoms with E-state index in [0.29, 0.717) is 5.92 Å². The highest BCUT2D eigenvalue weighted by molar-refractivity contribution is 8.05. The maximum absolute atomic E-state index is 6.57. The lowest BCUT2D eigenvalue weighted by atomic mass is 9.86. The average molecular weight is 846 g/mol. The van der Waals surface area contributed by atoms with Gasteiger partial charge in [0.1, 0.15) is 11.5 Å². The van der Waals surface area contributed by atoms with Gasteiger partial charge in [0.05, 0.1) is 33.6 Å². The first kappa shape index (κ1) is 37.7. The number of fused-ring (bicyclic) bond motifs is 6. The van der Waals surface area contributed by atoms with E-state index >= 15 is 0 Å². The van der Waals surface area contributed by atoms with Crippen LogP contribution in [0.4, 0.5) is 11.4 Å². The first-order valence-electron chi connectivity index (χ1n) is 22.9. The Morgan fingerprint density at radius 3 is 2.62 bits per heavy atom. The van der Waals surface area contributed by atoms with Crippen LogP contribution in [-0.2, 0) is 11.2 Å². The van der Waals surface area contributed by atoms with E-state index in [-0.39, 0.29) is 16.1 Å². The van der Waals surface area contributed by atoms with Gasteiger partial charge in [-0.15, -0.1) is 17.5 Å². The third kappa shape index (κ3) is 5.74. The molecule has 0 spiro atoms. The molecule has 64 heavy (non-hydrogen) atoms. The second-order valence-electron chi connectivity index (χ2n) is 18.3. The average Bonchev–Trinajstić information content (AvgIpc) is 3.69. The van der Waals surface area contributed by atoms with Gasteiger partial charge in [-0.2, -0.15) is 0 Å². The number of rotatable bonds is 7. The molecule has 0 saturated heterocycles. The second kappa shape index (κ2) is 14.6. The zero-order valence-electron chi connectivity index (χ0n) is 35.9. The molecule has 1 fully saturated rings. The maximum atomic E-state index is 6.57. The Balaban J connectivity index is 0.739. The van der Waals surface area contributed by atoms with Crippen molar-refractivity contribution in [3.8, 4) is 0 Å². The molecule has 0 N–H and O–H groups in total. The van der Waals surface area contributed by atoms with Gasteiger partial charge in [0.2, 0.25) is 0 Å². The number of aromatic nitrogens is 2. The van der Waals surface area contributed by atoms with Crippen LogP contribution in [0.25, 0.3) is 33.1 Å². The Kier molecular flexibility index (Phi) is 8.63. The Morgan fingerprint density at radius 1 is 0.891 bits per heavy atom. The predicted octanol–water partition coefficient (Wildman–Crippen LogP) is 14.7. The van der Waals surface area contributed by atoms with Crippen LogP contribution >= 0.6 is 11.8 Å². The number of hydrogen-bond donors (Lipinski definition) is 0. The highest BCUT2D eigenvalue weighted by Crippen LogP contribution is 2.82. The predicted molar refractivity (Wildman–Crippen MR) is 265 cm³/mol. The normalized spacial score (nSPS) is 25.7. The Hall–Kier alpha value is -6.78. The summed E-state index contributed by atoms with van der Waals surface area (Å²) in [5.74, 6) is 2.22. The molecule has 0 bridgehead atoms. The summed E-state index contributed by atoms with van der Waals surface area (Å²) in [6.45, 7) is 2.33. The number of pyridine rings is 1. The van der Waals surface area contributed by atoms with Crippen LogP contribution in [0.5, 0.6) is 0 Å². The quantitative estimate of drug-likeness (QED) is 0.153. The summed E-state index contributed by atoms with van der Waals surface area (Å²) in [6, 6.07) is 28.6. The van der Waals surface area contributed by atoms with Crippen molar-refractivity contribution in [2.24, 2.45) is 17.3 Å². The van der Waals surface area contributed by atoms with E-state index in [2.05, 4.69) is 216 Å². The van der Waals surface area contributed by atoms with Crippen molar-refractivity contribution in [2.45, 2.75) is 50.2 Å². The van der Waals surface area contributed by atoms with E-state index in [1.807, 2.05) is 0 Å². The molecule has 5 heterocycles. The van der Waals surface area contributed by atoms with Crippen LogP contribution in [-0.4, -0.2) is 14.3 Å². The summed E-state index contributed by atoms with van der Waals surface area (Å²) in [4.78, 5) is 8.96. The molecular formula is C59H47N3OS. The highest BCUT2D eigenvalue weighted by Gasteiger charge is 2.74. The molecule has 13 rings (SSSR count). The van der Waals surface area contributed by atoms with E-state index in [9.17, 15) is 0 Å². The molecule has 3 aromatic carbocycles. The smallest absolute Gasteiger partial charge is 0.131 e. The first-order valence-corrected chi connectivity index (χ1v) is 23.7. The lowest BCUT2D eigenvalue weighted by Gasteiger charge is -2.25. The van der Waals surface area contributed by atoms with Gasteiger partial charge < -0.3 is 14.2 Å². The topological polar surface area (TPSA) is 30.3 Å². The monoisotopic (exact) mass is 845 g/mol. The molecule has 5 heteroatoms. The fourth-order valence-electron chi connectivity index (χ4n) is 11.6. The lowest BCUT2D eigenvalue weighted by molar-refractivity contribution is 0.327. The summed E-state index contributed by atoms with van der Waals surface area (Å²) < 4.78 is 9.01. The number of para-hydroxylation sites is 3. The van der Waals surface area contributed by atoms with E-state index in [4.69, 9.17) is 9.72 Å². The molecule has 8 aliphatic rings. The fraction of sp³-hybridized carbons (Fsp3) is 0.186. The molecule has 4 nitrogen and oxygen atoms in total. The fourth-order valence-corrected chi connectivity index (χ4v) is 13.6. The molecular weight excluding hydrogens is 799 g/mol. The Bertz CT molecular complexity index is 3250. The number of anilines is 2. The van der Waals surface area contributed by atoms with Gasteiger partial charge in [-0.3, -0.25) is 4.98 Å².